The fourth-order valence-electron chi connectivity index (χ4n) is 2.52. The third-order valence-electron chi connectivity index (χ3n) is 4.20. The minimum atomic E-state index is -0.175. The number of hydrogen-bond donors (Lipinski definition) is 3. The second kappa shape index (κ2) is 7.70. The van der Waals surface area contributed by atoms with Gasteiger partial charge >= 0.3 is 6.03 Å². The molecule has 2 amide bonds. The number of urea groups is 1. The lowest BCUT2D eigenvalue weighted by atomic mass is 10.1. The van der Waals surface area contributed by atoms with Gasteiger partial charge in [-0.25, -0.2) is 4.79 Å². The predicted molar refractivity (Wildman–Crippen MR) is 89.4 cm³/mol. The van der Waals surface area contributed by atoms with E-state index >= 15 is 0 Å². The maximum absolute atomic E-state index is 12.0. The third-order valence-corrected chi connectivity index (χ3v) is 4.43. The molecule has 1 aliphatic heterocycles. The van der Waals surface area contributed by atoms with Gasteiger partial charge in [0.25, 0.3) is 0 Å². The fourth-order valence-corrected chi connectivity index (χ4v) is 2.70. The van der Waals surface area contributed by atoms with Crippen molar-refractivity contribution < 1.29 is 9.90 Å². The monoisotopic (exact) mass is 325 g/mol. The summed E-state index contributed by atoms with van der Waals surface area (Å²) < 4.78 is 0. The molecule has 6 heteroatoms. The summed E-state index contributed by atoms with van der Waals surface area (Å²) in [5.41, 5.74) is 1.08. The number of carbonyl (C=O) groups is 1. The number of benzene rings is 1. The average molecular weight is 326 g/mol. The van der Waals surface area contributed by atoms with Crippen molar-refractivity contribution in [1.29, 1.82) is 0 Å². The van der Waals surface area contributed by atoms with Gasteiger partial charge in [0.1, 0.15) is 0 Å². The van der Waals surface area contributed by atoms with Crippen LogP contribution in [-0.4, -0.2) is 42.9 Å². The van der Waals surface area contributed by atoms with Gasteiger partial charge in [-0.15, -0.1) is 0 Å². The van der Waals surface area contributed by atoms with Crippen molar-refractivity contribution >= 4 is 23.3 Å². The molecule has 1 fully saturated rings. The van der Waals surface area contributed by atoms with E-state index in [-0.39, 0.29) is 30.6 Å². The van der Waals surface area contributed by atoms with Crippen molar-refractivity contribution in [3.8, 4) is 0 Å². The van der Waals surface area contributed by atoms with E-state index in [1.165, 1.54) is 0 Å². The van der Waals surface area contributed by atoms with Crippen molar-refractivity contribution in [1.82, 2.24) is 10.6 Å². The molecule has 0 spiro atoms. The SMILES string of the molecule is CC(CO)C(C)NC(=O)NC1CCN(c2cccc(Cl)c2)C1. The van der Waals surface area contributed by atoms with Crippen LogP contribution in [0, 0.1) is 5.92 Å². The maximum atomic E-state index is 12.0. The summed E-state index contributed by atoms with van der Waals surface area (Å²) in [6, 6.07) is 7.64. The summed E-state index contributed by atoms with van der Waals surface area (Å²) in [5.74, 6) is 0.0392. The molecular formula is C16H24ClN3O2. The second-order valence-corrected chi connectivity index (χ2v) is 6.41. The zero-order valence-electron chi connectivity index (χ0n) is 13.1. The number of amides is 2. The highest BCUT2D eigenvalue weighted by molar-refractivity contribution is 6.30. The summed E-state index contributed by atoms with van der Waals surface area (Å²) in [4.78, 5) is 14.2. The number of aliphatic hydroxyl groups excluding tert-OH is 1. The summed E-state index contributed by atoms with van der Waals surface area (Å²) in [6.45, 7) is 5.54. The number of hydrogen-bond acceptors (Lipinski definition) is 3. The van der Waals surface area contributed by atoms with Crippen molar-refractivity contribution in [2.24, 2.45) is 5.92 Å². The Morgan fingerprint density at radius 3 is 2.95 bits per heavy atom. The Bertz CT molecular complexity index is 512. The molecule has 2 rings (SSSR count). The van der Waals surface area contributed by atoms with Crippen LogP contribution in [0.25, 0.3) is 0 Å². The lowest BCUT2D eigenvalue weighted by Crippen LogP contribution is -2.48. The smallest absolute Gasteiger partial charge is 0.315 e. The topological polar surface area (TPSA) is 64.6 Å². The molecule has 0 aromatic heterocycles. The Labute approximate surface area is 136 Å². The van der Waals surface area contributed by atoms with E-state index in [1.807, 2.05) is 38.1 Å². The van der Waals surface area contributed by atoms with Crippen LogP contribution < -0.4 is 15.5 Å². The Morgan fingerprint density at radius 1 is 1.50 bits per heavy atom. The lowest BCUT2D eigenvalue weighted by molar-refractivity contribution is 0.199. The van der Waals surface area contributed by atoms with E-state index < -0.39 is 0 Å². The van der Waals surface area contributed by atoms with Crippen LogP contribution in [0.1, 0.15) is 20.3 Å². The van der Waals surface area contributed by atoms with Gasteiger partial charge in [-0.2, -0.15) is 0 Å². The Hall–Kier alpha value is -1.46. The van der Waals surface area contributed by atoms with Gasteiger partial charge in [-0.3, -0.25) is 0 Å². The molecule has 3 N–H and O–H groups in total. The van der Waals surface area contributed by atoms with Gasteiger partial charge in [-0.1, -0.05) is 24.6 Å². The number of nitrogens with one attached hydrogen (secondary N) is 2. The van der Waals surface area contributed by atoms with Crippen LogP contribution in [0.15, 0.2) is 24.3 Å². The third kappa shape index (κ3) is 4.52. The molecule has 3 atom stereocenters. The Kier molecular flexibility index (Phi) is 5.91. The van der Waals surface area contributed by atoms with Gasteiger partial charge in [0, 0.05) is 42.5 Å². The average Bonchev–Trinajstić information content (AvgIpc) is 2.94. The molecule has 1 aliphatic rings. The van der Waals surface area contributed by atoms with Gasteiger partial charge in [0.05, 0.1) is 0 Å². The number of halogens is 1. The number of carbonyl (C=O) groups excluding carboxylic acids is 1. The molecule has 0 radical (unpaired) electrons. The molecule has 1 heterocycles. The van der Waals surface area contributed by atoms with Crippen LogP contribution in [0.3, 0.4) is 0 Å². The maximum Gasteiger partial charge on any atom is 0.315 e. The highest BCUT2D eigenvalue weighted by atomic mass is 35.5. The molecule has 0 saturated carbocycles. The van der Waals surface area contributed by atoms with Crippen molar-refractivity contribution in [2.75, 3.05) is 24.6 Å². The molecule has 1 saturated heterocycles. The van der Waals surface area contributed by atoms with Crippen LogP contribution in [0.4, 0.5) is 10.5 Å². The lowest BCUT2D eigenvalue weighted by Gasteiger charge is -2.22. The fraction of sp³-hybridized carbons (Fsp3) is 0.562. The van der Waals surface area contributed by atoms with E-state index in [0.717, 1.165) is 30.2 Å². The molecular weight excluding hydrogens is 302 g/mol. The number of rotatable bonds is 5. The first kappa shape index (κ1) is 16.9. The second-order valence-electron chi connectivity index (χ2n) is 5.98. The van der Waals surface area contributed by atoms with Crippen LogP contribution >= 0.6 is 11.6 Å². The van der Waals surface area contributed by atoms with Gasteiger partial charge in [0.15, 0.2) is 0 Å². The van der Waals surface area contributed by atoms with Crippen molar-refractivity contribution in [3.63, 3.8) is 0 Å². The van der Waals surface area contributed by atoms with E-state index in [2.05, 4.69) is 15.5 Å². The minimum absolute atomic E-state index is 0.0392. The summed E-state index contributed by atoms with van der Waals surface area (Å²) >= 11 is 6.02. The van der Waals surface area contributed by atoms with Crippen molar-refractivity contribution in [2.45, 2.75) is 32.4 Å². The highest BCUT2D eigenvalue weighted by Gasteiger charge is 2.25. The van der Waals surface area contributed by atoms with Gasteiger partial charge in [0.2, 0.25) is 0 Å². The quantitative estimate of drug-likeness (QED) is 0.778. The van der Waals surface area contributed by atoms with E-state index in [9.17, 15) is 4.79 Å². The molecule has 122 valence electrons. The van der Waals surface area contributed by atoms with Gasteiger partial charge < -0.3 is 20.6 Å². The Morgan fingerprint density at radius 2 is 2.27 bits per heavy atom. The molecule has 1 aromatic carbocycles. The summed E-state index contributed by atoms with van der Waals surface area (Å²) in [7, 11) is 0. The molecule has 0 bridgehead atoms. The van der Waals surface area contributed by atoms with E-state index in [4.69, 9.17) is 16.7 Å². The standard InChI is InChI=1S/C16H24ClN3O2/c1-11(10-21)12(2)18-16(22)19-14-6-7-20(9-14)15-5-3-4-13(17)8-15/h3-5,8,11-12,14,21H,6-7,9-10H2,1-2H3,(H2,18,19,22). The number of aliphatic hydroxyl groups is 1. The molecule has 5 nitrogen and oxygen atoms in total. The largest absolute Gasteiger partial charge is 0.396 e. The first-order chi connectivity index (χ1) is 10.5. The summed E-state index contributed by atoms with van der Waals surface area (Å²) in [5, 5.41) is 15.7. The Balaban J connectivity index is 1.82. The van der Waals surface area contributed by atoms with Crippen molar-refractivity contribution in [3.05, 3.63) is 29.3 Å². The van der Waals surface area contributed by atoms with Crippen LogP contribution in [0.2, 0.25) is 5.02 Å². The van der Waals surface area contributed by atoms with Crippen LogP contribution in [-0.2, 0) is 0 Å². The zero-order chi connectivity index (χ0) is 16.1. The number of anilines is 1. The van der Waals surface area contributed by atoms with E-state index in [1.54, 1.807) is 0 Å². The predicted octanol–water partition coefficient (Wildman–Crippen LogP) is 2.23. The van der Waals surface area contributed by atoms with E-state index in [0.29, 0.717) is 0 Å². The molecule has 1 aromatic rings. The first-order valence-corrected chi connectivity index (χ1v) is 8.05. The molecule has 3 unspecified atom stereocenters. The normalized spacial score (nSPS) is 20.5. The minimum Gasteiger partial charge on any atom is -0.396 e. The van der Waals surface area contributed by atoms with Gasteiger partial charge in [-0.05, 0) is 37.5 Å². The van der Waals surface area contributed by atoms with Crippen LogP contribution in [0.5, 0.6) is 0 Å². The molecule has 22 heavy (non-hydrogen) atoms. The zero-order valence-corrected chi connectivity index (χ0v) is 13.8. The first-order valence-electron chi connectivity index (χ1n) is 7.68. The molecule has 0 aliphatic carbocycles. The number of nitrogens with zero attached hydrogens (tertiary/aromatic N) is 1. The summed E-state index contributed by atoms with van der Waals surface area (Å²) in [6.07, 6.45) is 0.907. The highest BCUT2D eigenvalue weighted by Crippen LogP contribution is 2.23.